The molecule has 28 heavy (non-hydrogen) atoms. The van der Waals surface area contributed by atoms with Crippen LogP contribution in [0.1, 0.15) is 5.56 Å². The summed E-state index contributed by atoms with van der Waals surface area (Å²) in [4.78, 5) is -0.582. The molecule has 11 heteroatoms. The zero-order chi connectivity index (χ0) is 20.9. The smallest absolute Gasteiger partial charge is 0.417 e. The maximum absolute atomic E-state index is 13.0. The summed E-state index contributed by atoms with van der Waals surface area (Å²) in [5.74, 6) is 0.594. The lowest BCUT2D eigenvalue weighted by Crippen LogP contribution is -2.15. The highest BCUT2D eigenvalue weighted by molar-refractivity contribution is 7.92. The van der Waals surface area contributed by atoms with E-state index in [2.05, 4.69) is 4.72 Å². The maximum Gasteiger partial charge on any atom is 0.417 e. The molecule has 0 unspecified atom stereocenters. The highest BCUT2D eigenvalue weighted by atomic mass is 35.5. The summed E-state index contributed by atoms with van der Waals surface area (Å²) in [5, 5.41) is -0.593. The Morgan fingerprint density at radius 2 is 1.75 bits per heavy atom. The average Bonchev–Trinajstić information content (AvgIpc) is 2.61. The molecule has 0 radical (unpaired) electrons. The van der Waals surface area contributed by atoms with Crippen LogP contribution in [0.5, 0.6) is 11.5 Å². The summed E-state index contributed by atoms with van der Waals surface area (Å²) in [6, 6.07) is 6.55. The van der Waals surface area contributed by atoms with Crippen LogP contribution in [0.25, 0.3) is 0 Å². The van der Waals surface area contributed by atoms with Gasteiger partial charge < -0.3 is 14.2 Å². The molecule has 0 amide bonds. The van der Waals surface area contributed by atoms with Crippen LogP contribution in [-0.2, 0) is 20.9 Å². The first kappa shape index (κ1) is 22.1. The van der Waals surface area contributed by atoms with Crippen LogP contribution in [0.2, 0.25) is 5.02 Å². The molecular formula is C17H17ClF3NO5S. The molecular weight excluding hydrogens is 423 g/mol. The molecule has 1 N–H and O–H groups in total. The van der Waals surface area contributed by atoms with E-state index in [1.807, 2.05) is 0 Å². The van der Waals surface area contributed by atoms with Crippen molar-refractivity contribution in [3.05, 3.63) is 47.0 Å². The third kappa shape index (κ3) is 5.43. The highest BCUT2D eigenvalue weighted by Crippen LogP contribution is 2.36. The summed E-state index contributed by atoms with van der Waals surface area (Å²) in [7, 11) is -1.40. The molecule has 0 heterocycles. The van der Waals surface area contributed by atoms with Crippen LogP contribution >= 0.6 is 11.6 Å². The molecule has 0 atom stereocenters. The van der Waals surface area contributed by atoms with Gasteiger partial charge in [0.1, 0.15) is 6.61 Å². The number of alkyl halides is 3. The molecule has 0 saturated heterocycles. The molecule has 0 aliphatic rings. The Morgan fingerprint density at radius 1 is 1.04 bits per heavy atom. The van der Waals surface area contributed by atoms with Crippen LogP contribution in [0.4, 0.5) is 18.9 Å². The fourth-order valence-electron chi connectivity index (χ4n) is 2.19. The van der Waals surface area contributed by atoms with E-state index >= 15 is 0 Å². The fraction of sp³-hybridized carbons (Fsp3) is 0.294. The van der Waals surface area contributed by atoms with Gasteiger partial charge in [-0.2, -0.15) is 13.2 Å². The van der Waals surface area contributed by atoms with Gasteiger partial charge in [-0.15, -0.1) is 0 Å². The van der Waals surface area contributed by atoms with Crippen molar-refractivity contribution in [3.63, 3.8) is 0 Å². The number of halogens is 4. The summed E-state index contributed by atoms with van der Waals surface area (Å²) < 4.78 is 81.6. The van der Waals surface area contributed by atoms with Gasteiger partial charge >= 0.3 is 6.18 Å². The normalized spacial score (nSPS) is 11.9. The summed E-state index contributed by atoms with van der Waals surface area (Å²) in [6.07, 6.45) is -4.79. The molecule has 0 aromatic heterocycles. The number of hydrogen-bond donors (Lipinski definition) is 1. The second-order valence-electron chi connectivity index (χ2n) is 5.45. The Balaban J connectivity index is 2.33. The third-order valence-electron chi connectivity index (χ3n) is 3.51. The number of rotatable bonds is 8. The monoisotopic (exact) mass is 439 g/mol. The van der Waals surface area contributed by atoms with Crippen LogP contribution in [0.15, 0.2) is 41.3 Å². The van der Waals surface area contributed by atoms with Crippen molar-refractivity contribution in [1.29, 1.82) is 0 Å². The Kier molecular flexibility index (Phi) is 7.02. The highest BCUT2D eigenvalue weighted by Gasteiger charge is 2.34. The van der Waals surface area contributed by atoms with Crippen LogP contribution in [0.3, 0.4) is 0 Å². The molecule has 0 aliphatic carbocycles. The second kappa shape index (κ2) is 8.89. The van der Waals surface area contributed by atoms with Gasteiger partial charge in [-0.25, -0.2) is 8.42 Å². The minimum Gasteiger partial charge on any atom is -0.493 e. The lowest BCUT2D eigenvalue weighted by Gasteiger charge is -2.15. The number of ether oxygens (including phenoxy) is 3. The van der Waals surface area contributed by atoms with Crippen molar-refractivity contribution in [1.82, 2.24) is 0 Å². The molecule has 0 saturated carbocycles. The van der Waals surface area contributed by atoms with E-state index in [9.17, 15) is 21.6 Å². The van der Waals surface area contributed by atoms with Crippen LogP contribution in [0, 0.1) is 0 Å². The van der Waals surface area contributed by atoms with Crippen molar-refractivity contribution < 1.29 is 35.8 Å². The lowest BCUT2D eigenvalue weighted by molar-refractivity contribution is -0.137. The molecule has 2 aromatic rings. The van der Waals surface area contributed by atoms with Gasteiger partial charge in [0, 0.05) is 13.2 Å². The Morgan fingerprint density at radius 3 is 2.36 bits per heavy atom. The standard InChI is InChI=1S/C17H17ClF3NO5S/c1-25-7-8-27-16-9-11(3-6-15(16)26-2)22-28(23,24)12-4-5-14(18)13(10-12)17(19,20)21/h3-6,9-10,22H,7-8H2,1-2H3. The van der Waals surface area contributed by atoms with Gasteiger partial charge in [0.2, 0.25) is 0 Å². The van der Waals surface area contributed by atoms with Gasteiger partial charge in [-0.3, -0.25) is 4.72 Å². The molecule has 0 fully saturated rings. The Hall–Kier alpha value is -2.17. The number of benzene rings is 2. The topological polar surface area (TPSA) is 73.9 Å². The summed E-state index contributed by atoms with van der Waals surface area (Å²) >= 11 is 5.53. The van der Waals surface area contributed by atoms with Crippen molar-refractivity contribution in [2.45, 2.75) is 11.1 Å². The SMILES string of the molecule is COCCOc1cc(NS(=O)(=O)c2ccc(Cl)c(C(F)(F)F)c2)ccc1OC. The van der Waals surface area contributed by atoms with Crippen molar-refractivity contribution in [3.8, 4) is 11.5 Å². The average molecular weight is 440 g/mol. The van der Waals surface area contributed by atoms with Crippen molar-refractivity contribution in [2.75, 3.05) is 32.2 Å². The first-order valence-corrected chi connectivity index (χ1v) is 9.64. The number of sulfonamides is 1. The molecule has 2 rings (SSSR count). The van der Waals surface area contributed by atoms with E-state index < -0.39 is 31.7 Å². The maximum atomic E-state index is 13.0. The summed E-state index contributed by atoms with van der Waals surface area (Å²) in [5.41, 5.74) is -1.16. The minimum absolute atomic E-state index is 0.0803. The van der Waals surface area contributed by atoms with Gasteiger partial charge in [0.15, 0.2) is 11.5 Å². The fourth-order valence-corrected chi connectivity index (χ4v) is 3.49. The summed E-state index contributed by atoms with van der Waals surface area (Å²) in [6.45, 7) is 0.485. The van der Waals surface area contributed by atoms with Crippen molar-refractivity contribution >= 4 is 27.3 Å². The Bertz CT molecular complexity index is 935. The lowest BCUT2D eigenvalue weighted by atomic mass is 10.2. The van der Waals surface area contributed by atoms with Gasteiger partial charge in [0.25, 0.3) is 10.0 Å². The first-order valence-electron chi connectivity index (χ1n) is 7.78. The van der Waals surface area contributed by atoms with Gasteiger partial charge in [0.05, 0.1) is 34.9 Å². The molecule has 2 aromatic carbocycles. The number of anilines is 1. The second-order valence-corrected chi connectivity index (χ2v) is 7.54. The molecule has 0 spiro atoms. The number of methoxy groups -OCH3 is 2. The molecule has 0 aliphatic heterocycles. The number of hydrogen-bond acceptors (Lipinski definition) is 5. The van der Waals surface area contributed by atoms with Gasteiger partial charge in [-0.1, -0.05) is 11.6 Å². The minimum atomic E-state index is -4.79. The van der Waals surface area contributed by atoms with Gasteiger partial charge in [-0.05, 0) is 30.3 Å². The zero-order valence-corrected chi connectivity index (χ0v) is 16.4. The van der Waals surface area contributed by atoms with E-state index in [0.29, 0.717) is 18.4 Å². The van der Waals surface area contributed by atoms with E-state index in [-0.39, 0.29) is 18.0 Å². The number of nitrogens with one attached hydrogen (secondary N) is 1. The van der Waals surface area contributed by atoms with Crippen molar-refractivity contribution in [2.24, 2.45) is 0 Å². The predicted octanol–water partition coefficient (Wildman–Crippen LogP) is 4.19. The zero-order valence-electron chi connectivity index (χ0n) is 14.8. The quantitative estimate of drug-likeness (QED) is 0.624. The first-order chi connectivity index (χ1) is 13.1. The Labute approximate surface area is 165 Å². The van der Waals surface area contributed by atoms with E-state index in [0.717, 1.165) is 12.1 Å². The van der Waals surface area contributed by atoms with Crippen LogP contribution in [-0.4, -0.2) is 35.9 Å². The van der Waals surface area contributed by atoms with E-state index in [1.54, 1.807) is 0 Å². The third-order valence-corrected chi connectivity index (χ3v) is 5.22. The largest absolute Gasteiger partial charge is 0.493 e. The van der Waals surface area contributed by atoms with E-state index in [1.165, 1.54) is 32.4 Å². The molecule has 6 nitrogen and oxygen atoms in total. The van der Waals surface area contributed by atoms with Crippen LogP contribution < -0.4 is 14.2 Å². The molecule has 0 bridgehead atoms. The molecule has 154 valence electrons. The predicted molar refractivity (Wildman–Crippen MR) is 97.6 cm³/mol. The van der Waals surface area contributed by atoms with E-state index in [4.69, 9.17) is 25.8 Å².